The Kier molecular flexibility index (Phi) is 3.28. The second kappa shape index (κ2) is 5.13. The van der Waals surface area contributed by atoms with Crippen LogP contribution in [0.3, 0.4) is 0 Å². The van der Waals surface area contributed by atoms with Gasteiger partial charge in [-0.1, -0.05) is 60.2 Å². The van der Waals surface area contributed by atoms with Gasteiger partial charge in [0, 0.05) is 11.5 Å². The molecule has 2 aromatic carbocycles. The van der Waals surface area contributed by atoms with E-state index >= 15 is 0 Å². The molecule has 2 aromatic rings. The van der Waals surface area contributed by atoms with Crippen LogP contribution in [0.2, 0.25) is 0 Å². The van der Waals surface area contributed by atoms with E-state index in [0.29, 0.717) is 5.56 Å². The van der Waals surface area contributed by atoms with Crippen molar-refractivity contribution >= 4 is 5.78 Å². The van der Waals surface area contributed by atoms with E-state index in [9.17, 15) is 15.3 Å². The molecule has 0 spiro atoms. The summed E-state index contributed by atoms with van der Waals surface area (Å²) in [6, 6.07) is 20.7. The van der Waals surface area contributed by atoms with E-state index in [4.69, 9.17) is 0 Å². The fraction of sp³-hybridized carbons (Fsp3) is 0.211. The van der Waals surface area contributed by atoms with Crippen molar-refractivity contribution in [3.63, 3.8) is 0 Å². The molecule has 0 radical (unpaired) electrons. The quantitative estimate of drug-likeness (QED) is 0.809. The third-order valence-corrected chi connectivity index (χ3v) is 4.35. The van der Waals surface area contributed by atoms with Crippen molar-refractivity contribution < 1.29 is 4.79 Å². The highest BCUT2D eigenvalue weighted by Gasteiger charge is 2.70. The number of aryl methyl sites for hydroxylation is 1. The zero-order valence-electron chi connectivity index (χ0n) is 12.2. The minimum Gasteiger partial charge on any atom is -0.294 e. The van der Waals surface area contributed by atoms with Crippen molar-refractivity contribution in [3.05, 3.63) is 71.3 Å². The molecule has 0 amide bonds. The Labute approximate surface area is 129 Å². The first-order valence-corrected chi connectivity index (χ1v) is 7.12. The smallest absolute Gasteiger partial charge is 0.169 e. The lowest BCUT2D eigenvalue weighted by molar-refractivity contribution is 0.0958. The van der Waals surface area contributed by atoms with Crippen LogP contribution in [-0.4, -0.2) is 5.78 Å². The second-order valence-corrected chi connectivity index (χ2v) is 5.69. The summed E-state index contributed by atoms with van der Waals surface area (Å²) in [4.78, 5) is 12.7. The molecule has 1 fully saturated rings. The van der Waals surface area contributed by atoms with Gasteiger partial charge < -0.3 is 0 Å². The molecule has 0 heterocycles. The van der Waals surface area contributed by atoms with Crippen molar-refractivity contribution in [2.75, 3.05) is 0 Å². The SMILES string of the molecule is Cc1ccc([C@@H]2[C@@H](C(=O)c3ccccc3)C2(C#N)C#N)cc1. The summed E-state index contributed by atoms with van der Waals surface area (Å²) in [6.07, 6.45) is 0. The number of hydrogen-bond acceptors (Lipinski definition) is 3. The molecule has 2 atom stereocenters. The second-order valence-electron chi connectivity index (χ2n) is 5.69. The average molecular weight is 286 g/mol. The maximum Gasteiger partial charge on any atom is 0.169 e. The standard InChI is InChI=1S/C19H14N2O/c1-13-7-9-14(10-8-13)16-17(19(16,11-20)12-21)18(22)15-5-3-2-4-6-15/h2-10,16-17H,1H3/t16-,17+/m1/s1. The van der Waals surface area contributed by atoms with Crippen LogP contribution in [0.5, 0.6) is 0 Å². The molecule has 3 nitrogen and oxygen atoms in total. The van der Waals surface area contributed by atoms with Crippen LogP contribution < -0.4 is 0 Å². The van der Waals surface area contributed by atoms with Gasteiger partial charge in [0.25, 0.3) is 0 Å². The van der Waals surface area contributed by atoms with Crippen molar-refractivity contribution in [2.24, 2.45) is 11.3 Å². The van der Waals surface area contributed by atoms with E-state index in [1.165, 1.54) is 0 Å². The first kappa shape index (κ1) is 14.0. The molecule has 0 N–H and O–H groups in total. The molecule has 22 heavy (non-hydrogen) atoms. The third-order valence-electron chi connectivity index (χ3n) is 4.35. The van der Waals surface area contributed by atoms with E-state index in [-0.39, 0.29) is 11.7 Å². The molecule has 1 aliphatic rings. The van der Waals surface area contributed by atoms with Gasteiger partial charge in [0.15, 0.2) is 11.2 Å². The lowest BCUT2D eigenvalue weighted by atomic mass is 10.0. The molecule has 3 heteroatoms. The molecule has 0 bridgehead atoms. The number of benzene rings is 2. The van der Waals surface area contributed by atoms with E-state index in [1.54, 1.807) is 24.3 Å². The van der Waals surface area contributed by atoms with Gasteiger partial charge in [0.05, 0.1) is 18.1 Å². The van der Waals surface area contributed by atoms with Gasteiger partial charge in [-0.15, -0.1) is 0 Å². The first-order valence-electron chi connectivity index (χ1n) is 7.12. The minimum atomic E-state index is -1.25. The van der Waals surface area contributed by atoms with Gasteiger partial charge in [-0.3, -0.25) is 4.79 Å². The fourth-order valence-electron chi connectivity index (χ4n) is 3.06. The molecule has 0 aromatic heterocycles. The maximum absolute atomic E-state index is 12.7. The molecule has 3 rings (SSSR count). The molecule has 0 unspecified atom stereocenters. The Morgan fingerprint density at radius 1 is 1.00 bits per heavy atom. The Morgan fingerprint density at radius 2 is 1.59 bits per heavy atom. The Balaban J connectivity index is 2.00. The first-order chi connectivity index (χ1) is 10.6. The number of carbonyl (C=O) groups is 1. The summed E-state index contributed by atoms with van der Waals surface area (Å²) >= 11 is 0. The molecule has 1 saturated carbocycles. The number of hydrogen-bond donors (Lipinski definition) is 0. The van der Waals surface area contributed by atoms with Crippen LogP contribution >= 0.6 is 0 Å². The van der Waals surface area contributed by atoms with Gasteiger partial charge in [-0.25, -0.2) is 0 Å². The van der Waals surface area contributed by atoms with Crippen LogP contribution in [-0.2, 0) is 0 Å². The number of nitriles is 2. The van der Waals surface area contributed by atoms with Crippen LogP contribution in [0.1, 0.15) is 27.4 Å². The van der Waals surface area contributed by atoms with E-state index < -0.39 is 11.3 Å². The van der Waals surface area contributed by atoms with Gasteiger partial charge in [-0.2, -0.15) is 10.5 Å². The highest BCUT2D eigenvalue weighted by molar-refractivity contribution is 6.02. The molecular formula is C19H14N2O. The number of nitrogens with zero attached hydrogens (tertiary/aromatic N) is 2. The lowest BCUT2D eigenvalue weighted by Gasteiger charge is -2.01. The van der Waals surface area contributed by atoms with Crippen molar-refractivity contribution in [1.29, 1.82) is 10.5 Å². The lowest BCUT2D eigenvalue weighted by Crippen LogP contribution is -2.08. The zero-order valence-corrected chi connectivity index (χ0v) is 12.2. The summed E-state index contributed by atoms with van der Waals surface area (Å²) in [5, 5.41) is 19.0. The normalized spacial score (nSPS) is 21.4. The summed E-state index contributed by atoms with van der Waals surface area (Å²) < 4.78 is 0. The predicted octanol–water partition coefficient (Wildman–Crippen LogP) is 3.62. The van der Waals surface area contributed by atoms with Crippen LogP contribution in [0, 0.1) is 40.9 Å². The number of rotatable bonds is 3. The van der Waals surface area contributed by atoms with E-state index in [2.05, 4.69) is 12.1 Å². The van der Waals surface area contributed by atoms with E-state index in [1.807, 2.05) is 37.3 Å². The van der Waals surface area contributed by atoms with Crippen molar-refractivity contribution in [2.45, 2.75) is 12.8 Å². The van der Waals surface area contributed by atoms with E-state index in [0.717, 1.165) is 11.1 Å². The summed E-state index contributed by atoms with van der Waals surface area (Å²) in [5.41, 5.74) is 1.29. The molecule has 1 aliphatic carbocycles. The van der Waals surface area contributed by atoms with Gasteiger partial charge in [-0.05, 0) is 12.5 Å². The molecule has 0 aliphatic heterocycles. The largest absolute Gasteiger partial charge is 0.294 e. The number of carbonyl (C=O) groups excluding carboxylic acids is 1. The monoisotopic (exact) mass is 286 g/mol. The molecule has 0 saturated heterocycles. The van der Waals surface area contributed by atoms with Crippen molar-refractivity contribution in [1.82, 2.24) is 0 Å². The topological polar surface area (TPSA) is 64.7 Å². The maximum atomic E-state index is 12.7. The number of Topliss-reactive ketones (excluding diaryl/α,β-unsaturated/α-hetero) is 1. The predicted molar refractivity (Wildman–Crippen MR) is 81.8 cm³/mol. The van der Waals surface area contributed by atoms with Gasteiger partial charge >= 0.3 is 0 Å². The Hall–Kier alpha value is -2.91. The Bertz CT molecular complexity index is 780. The molecule has 106 valence electrons. The fourth-order valence-corrected chi connectivity index (χ4v) is 3.06. The van der Waals surface area contributed by atoms with Crippen LogP contribution in [0.15, 0.2) is 54.6 Å². The summed E-state index contributed by atoms with van der Waals surface area (Å²) in [6.45, 7) is 1.98. The minimum absolute atomic E-state index is 0.130. The van der Waals surface area contributed by atoms with Gasteiger partial charge in [0.2, 0.25) is 0 Å². The molecular weight excluding hydrogens is 272 g/mol. The van der Waals surface area contributed by atoms with Crippen LogP contribution in [0.4, 0.5) is 0 Å². The van der Waals surface area contributed by atoms with Gasteiger partial charge in [0.1, 0.15) is 0 Å². The number of ketones is 1. The summed E-state index contributed by atoms with van der Waals surface area (Å²) in [5.74, 6) is -1.07. The Morgan fingerprint density at radius 3 is 2.14 bits per heavy atom. The highest BCUT2D eigenvalue weighted by atomic mass is 16.1. The van der Waals surface area contributed by atoms with Crippen molar-refractivity contribution in [3.8, 4) is 12.1 Å². The summed E-state index contributed by atoms with van der Waals surface area (Å²) in [7, 11) is 0. The zero-order chi connectivity index (χ0) is 15.7. The average Bonchev–Trinajstić information content (AvgIpc) is 3.25. The third kappa shape index (κ3) is 2.00. The highest BCUT2D eigenvalue weighted by Crippen LogP contribution is 2.65. The van der Waals surface area contributed by atoms with Crippen LogP contribution in [0.25, 0.3) is 0 Å².